The largest absolute Gasteiger partial charge is 0.462 e. The molecule has 0 radical (unpaired) electrons. The minimum atomic E-state index is -0.328. The smallest absolute Gasteiger partial charge is 0.333 e. The molecule has 0 unspecified atom stereocenters. The molecule has 0 saturated carbocycles. The quantitative estimate of drug-likeness (QED) is 0.387. The molecular weight excluding hydrogens is 192 g/mol. The Morgan fingerprint density at radius 2 is 1.87 bits per heavy atom. The van der Waals surface area contributed by atoms with Gasteiger partial charge in [0.05, 0.1) is 13.2 Å². The fourth-order valence-electron chi connectivity index (χ4n) is 0.827. The van der Waals surface area contributed by atoms with Gasteiger partial charge in [-0.1, -0.05) is 27.4 Å². The predicted molar refractivity (Wildman–Crippen MR) is 60.7 cm³/mol. The lowest BCUT2D eigenvalue weighted by atomic mass is 9.99. The van der Waals surface area contributed by atoms with E-state index in [4.69, 9.17) is 9.47 Å². The van der Waals surface area contributed by atoms with Crippen LogP contribution in [0.2, 0.25) is 0 Å². The summed E-state index contributed by atoms with van der Waals surface area (Å²) in [7, 11) is 0. The number of carbonyl (C=O) groups is 1. The van der Waals surface area contributed by atoms with Crippen LogP contribution in [0.5, 0.6) is 0 Å². The predicted octanol–water partition coefficient (Wildman–Crippen LogP) is 2.56. The molecule has 0 saturated heterocycles. The maximum Gasteiger partial charge on any atom is 0.333 e. The topological polar surface area (TPSA) is 35.5 Å². The highest BCUT2D eigenvalue weighted by Crippen LogP contribution is 2.12. The van der Waals surface area contributed by atoms with Crippen LogP contribution in [-0.2, 0) is 14.3 Å². The number of rotatable bonds is 6. The van der Waals surface area contributed by atoms with E-state index in [1.807, 2.05) is 0 Å². The van der Waals surface area contributed by atoms with Crippen LogP contribution in [-0.4, -0.2) is 25.8 Å². The normalized spacial score (nSPS) is 11.2. The summed E-state index contributed by atoms with van der Waals surface area (Å²) < 4.78 is 10.3. The van der Waals surface area contributed by atoms with Crippen molar-refractivity contribution in [3.05, 3.63) is 12.2 Å². The molecule has 0 bridgehead atoms. The molecule has 0 aromatic rings. The molecule has 3 heteroatoms. The van der Waals surface area contributed by atoms with Crippen LogP contribution < -0.4 is 0 Å². The van der Waals surface area contributed by atoms with Gasteiger partial charge in [-0.2, -0.15) is 0 Å². The summed E-state index contributed by atoms with van der Waals surface area (Å²) in [5.41, 5.74) is 0.625. The fraction of sp³-hybridized carbons (Fsp3) is 0.750. The summed E-state index contributed by atoms with van der Waals surface area (Å²) in [6, 6.07) is 0. The number of ether oxygens (including phenoxy) is 2. The molecule has 0 fully saturated rings. The standard InChI is InChI=1S/C12H22O3/c1-10(2)11(13)15-8-6-7-14-9-12(3,4)5/h1,6-9H2,2-5H3. The Kier molecular flexibility index (Phi) is 6.25. The van der Waals surface area contributed by atoms with Crippen molar-refractivity contribution in [1.82, 2.24) is 0 Å². The molecular formula is C12H22O3. The Labute approximate surface area is 92.5 Å². The molecule has 0 aliphatic heterocycles. The lowest BCUT2D eigenvalue weighted by Crippen LogP contribution is -2.16. The van der Waals surface area contributed by atoms with Gasteiger partial charge in [-0.25, -0.2) is 4.79 Å². The number of hydrogen-bond acceptors (Lipinski definition) is 3. The van der Waals surface area contributed by atoms with Gasteiger partial charge in [0.1, 0.15) is 0 Å². The van der Waals surface area contributed by atoms with Gasteiger partial charge in [0.2, 0.25) is 0 Å². The summed E-state index contributed by atoms with van der Waals surface area (Å²) in [4.78, 5) is 11.0. The average Bonchev–Trinajstić information content (AvgIpc) is 2.08. The van der Waals surface area contributed by atoms with Gasteiger partial charge in [0, 0.05) is 18.6 Å². The molecule has 0 N–H and O–H groups in total. The Hall–Kier alpha value is -0.830. The summed E-state index contributed by atoms with van der Waals surface area (Å²) in [6.45, 7) is 13.2. The molecule has 15 heavy (non-hydrogen) atoms. The zero-order chi connectivity index (χ0) is 11.9. The van der Waals surface area contributed by atoms with Crippen LogP contribution in [0.3, 0.4) is 0 Å². The lowest BCUT2D eigenvalue weighted by molar-refractivity contribution is -0.139. The molecule has 0 spiro atoms. The van der Waals surface area contributed by atoms with Crippen molar-refractivity contribution in [1.29, 1.82) is 0 Å². The number of carbonyl (C=O) groups excluding carboxylic acids is 1. The first kappa shape index (κ1) is 14.2. The molecule has 0 heterocycles. The molecule has 0 amide bonds. The van der Waals surface area contributed by atoms with Crippen LogP contribution in [0.1, 0.15) is 34.1 Å². The monoisotopic (exact) mass is 214 g/mol. The Morgan fingerprint density at radius 1 is 1.27 bits per heavy atom. The minimum Gasteiger partial charge on any atom is -0.462 e. The van der Waals surface area contributed by atoms with Crippen molar-refractivity contribution >= 4 is 5.97 Å². The van der Waals surface area contributed by atoms with Gasteiger partial charge in [-0.15, -0.1) is 0 Å². The average molecular weight is 214 g/mol. The summed E-state index contributed by atoms with van der Waals surface area (Å²) in [6.07, 6.45) is 0.731. The molecule has 3 nitrogen and oxygen atoms in total. The van der Waals surface area contributed by atoms with Crippen molar-refractivity contribution in [2.45, 2.75) is 34.1 Å². The van der Waals surface area contributed by atoms with Crippen LogP contribution in [0, 0.1) is 5.41 Å². The first-order chi connectivity index (χ1) is 6.83. The van der Waals surface area contributed by atoms with Gasteiger partial charge in [0.15, 0.2) is 0 Å². The summed E-state index contributed by atoms with van der Waals surface area (Å²) in [5, 5.41) is 0. The van der Waals surface area contributed by atoms with Gasteiger partial charge in [0.25, 0.3) is 0 Å². The van der Waals surface area contributed by atoms with Crippen LogP contribution in [0.15, 0.2) is 12.2 Å². The van der Waals surface area contributed by atoms with Crippen molar-refractivity contribution in [2.24, 2.45) is 5.41 Å². The van der Waals surface area contributed by atoms with Crippen LogP contribution in [0.25, 0.3) is 0 Å². The van der Waals surface area contributed by atoms with E-state index in [9.17, 15) is 4.79 Å². The maximum atomic E-state index is 11.0. The molecule has 0 aromatic carbocycles. The van der Waals surface area contributed by atoms with Crippen molar-refractivity contribution in [3.8, 4) is 0 Å². The second kappa shape index (κ2) is 6.62. The van der Waals surface area contributed by atoms with E-state index < -0.39 is 0 Å². The molecule has 0 aromatic heterocycles. The highest BCUT2D eigenvalue weighted by molar-refractivity contribution is 5.86. The van der Waals surface area contributed by atoms with Gasteiger partial charge in [-0.05, 0) is 12.3 Å². The summed E-state index contributed by atoms with van der Waals surface area (Å²) >= 11 is 0. The summed E-state index contributed by atoms with van der Waals surface area (Å²) in [5.74, 6) is -0.328. The van der Waals surface area contributed by atoms with E-state index in [-0.39, 0.29) is 11.4 Å². The third-order valence-corrected chi connectivity index (χ3v) is 1.55. The van der Waals surface area contributed by atoms with Crippen LogP contribution in [0.4, 0.5) is 0 Å². The zero-order valence-corrected chi connectivity index (χ0v) is 10.3. The first-order valence-corrected chi connectivity index (χ1v) is 5.23. The highest BCUT2D eigenvalue weighted by Gasteiger charge is 2.09. The zero-order valence-electron chi connectivity index (χ0n) is 10.3. The number of esters is 1. The van der Waals surface area contributed by atoms with Crippen molar-refractivity contribution in [3.63, 3.8) is 0 Å². The molecule has 88 valence electrons. The molecule has 0 atom stereocenters. The molecule has 0 aliphatic rings. The second-order valence-electron chi connectivity index (χ2n) is 4.88. The molecule has 0 rings (SSSR count). The van der Waals surface area contributed by atoms with Gasteiger partial charge >= 0.3 is 5.97 Å². The van der Waals surface area contributed by atoms with E-state index in [0.29, 0.717) is 18.8 Å². The minimum absolute atomic E-state index is 0.189. The Bertz CT molecular complexity index is 213. The molecule has 0 aliphatic carbocycles. The first-order valence-electron chi connectivity index (χ1n) is 5.23. The van der Waals surface area contributed by atoms with Crippen LogP contribution >= 0.6 is 0 Å². The third kappa shape index (κ3) is 9.47. The number of hydrogen-bond donors (Lipinski definition) is 0. The van der Waals surface area contributed by atoms with E-state index in [1.54, 1.807) is 6.92 Å². The van der Waals surface area contributed by atoms with E-state index in [1.165, 1.54) is 0 Å². The van der Waals surface area contributed by atoms with E-state index >= 15 is 0 Å². The Morgan fingerprint density at radius 3 is 2.33 bits per heavy atom. The van der Waals surface area contributed by atoms with Gasteiger partial charge < -0.3 is 9.47 Å². The third-order valence-electron chi connectivity index (χ3n) is 1.55. The lowest BCUT2D eigenvalue weighted by Gasteiger charge is -2.17. The van der Waals surface area contributed by atoms with E-state index in [0.717, 1.165) is 13.0 Å². The van der Waals surface area contributed by atoms with E-state index in [2.05, 4.69) is 27.4 Å². The van der Waals surface area contributed by atoms with Gasteiger partial charge in [-0.3, -0.25) is 0 Å². The second-order valence-corrected chi connectivity index (χ2v) is 4.88. The Balaban J connectivity index is 3.33. The highest BCUT2D eigenvalue weighted by atomic mass is 16.5. The fourth-order valence-corrected chi connectivity index (χ4v) is 0.827. The SMILES string of the molecule is C=C(C)C(=O)OCCCOCC(C)(C)C. The maximum absolute atomic E-state index is 11.0. The van der Waals surface area contributed by atoms with Crippen molar-refractivity contribution in [2.75, 3.05) is 19.8 Å². The van der Waals surface area contributed by atoms with Crippen molar-refractivity contribution < 1.29 is 14.3 Å².